The predicted octanol–water partition coefficient (Wildman–Crippen LogP) is 3.85. The highest BCUT2D eigenvalue weighted by atomic mass is 19.1. The van der Waals surface area contributed by atoms with E-state index in [-0.39, 0.29) is 11.2 Å². The lowest BCUT2D eigenvalue weighted by atomic mass is 9.75. The second-order valence-electron chi connectivity index (χ2n) is 7.90. The van der Waals surface area contributed by atoms with Gasteiger partial charge in [0.05, 0.1) is 12.8 Å². The third-order valence-corrected chi connectivity index (χ3v) is 5.97. The van der Waals surface area contributed by atoms with E-state index in [9.17, 15) is 4.39 Å². The van der Waals surface area contributed by atoms with Crippen LogP contribution in [0.1, 0.15) is 30.8 Å². The molecule has 164 valence electrons. The van der Waals surface area contributed by atoms with Crippen molar-refractivity contribution in [2.45, 2.75) is 31.2 Å². The molecule has 3 heterocycles. The number of aromatic nitrogens is 3. The van der Waals surface area contributed by atoms with Gasteiger partial charge in [0.2, 0.25) is 5.88 Å². The van der Waals surface area contributed by atoms with Gasteiger partial charge in [-0.25, -0.2) is 9.37 Å². The quantitative estimate of drug-likeness (QED) is 0.542. The number of piperidine rings is 1. The van der Waals surface area contributed by atoms with E-state index in [2.05, 4.69) is 20.0 Å². The Kier molecular flexibility index (Phi) is 6.58. The fraction of sp³-hybridized carbons (Fsp3) is 0.435. The molecular formula is C23H27FN4O3. The lowest BCUT2D eigenvalue weighted by Crippen LogP contribution is -2.43. The molecule has 0 aliphatic carbocycles. The summed E-state index contributed by atoms with van der Waals surface area (Å²) in [4.78, 5) is 11.6. The minimum absolute atomic E-state index is 0.212. The molecule has 7 nitrogen and oxygen atoms in total. The maximum Gasteiger partial charge on any atom is 0.257 e. The summed E-state index contributed by atoms with van der Waals surface area (Å²) in [6.45, 7) is 3.18. The van der Waals surface area contributed by atoms with Gasteiger partial charge in [-0.3, -0.25) is 4.90 Å². The third-order valence-electron chi connectivity index (χ3n) is 5.97. The molecule has 1 fully saturated rings. The number of methoxy groups -OCH3 is 2. The van der Waals surface area contributed by atoms with Crippen LogP contribution in [0.15, 0.2) is 47.0 Å². The average molecular weight is 426 g/mol. The Labute approximate surface area is 181 Å². The van der Waals surface area contributed by atoms with Crippen molar-refractivity contribution in [1.82, 2.24) is 20.0 Å². The number of nitrogens with zero attached hydrogens (tertiary/aromatic N) is 4. The largest absolute Gasteiger partial charge is 0.481 e. The van der Waals surface area contributed by atoms with Gasteiger partial charge in [-0.15, -0.1) is 0 Å². The van der Waals surface area contributed by atoms with E-state index in [4.69, 9.17) is 14.0 Å². The summed E-state index contributed by atoms with van der Waals surface area (Å²) in [7, 11) is 3.33. The van der Waals surface area contributed by atoms with Crippen LogP contribution in [0.5, 0.6) is 5.88 Å². The van der Waals surface area contributed by atoms with Crippen LogP contribution in [0.4, 0.5) is 4.39 Å². The number of pyridine rings is 1. The molecule has 0 spiro atoms. The highest BCUT2D eigenvalue weighted by molar-refractivity contribution is 5.52. The summed E-state index contributed by atoms with van der Waals surface area (Å²) in [5.74, 6) is 1.44. The number of rotatable bonds is 8. The topological polar surface area (TPSA) is 73.5 Å². The van der Waals surface area contributed by atoms with Crippen LogP contribution >= 0.6 is 0 Å². The van der Waals surface area contributed by atoms with Gasteiger partial charge < -0.3 is 14.0 Å². The summed E-state index contributed by atoms with van der Waals surface area (Å²) in [6.07, 6.45) is 2.60. The summed E-state index contributed by atoms with van der Waals surface area (Å²) >= 11 is 0. The molecule has 0 radical (unpaired) electrons. The van der Waals surface area contributed by atoms with Crippen LogP contribution in [0.3, 0.4) is 0 Å². The molecule has 1 aromatic carbocycles. The van der Waals surface area contributed by atoms with Crippen LogP contribution in [0, 0.1) is 5.82 Å². The molecule has 2 aromatic heterocycles. The lowest BCUT2D eigenvalue weighted by molar-refractivity contribution is 0.102. The first-order chi connectivity index (χ1) is 15.1. The first-order valence-corrected chi connectivity index (χ1v) is 10.4. The molecule has 0 amide bonds. The Morgan fingerprint density at radius 1 is 1.06 bits per heavy atom. The van der Waals surface area contributed by atoms with E-state index in [0.717, 1.165) is 44.6 Å². The number of ether oxygens (including phenoxy) is 2. The van der Waals surface area contributed by atoms with Gasteiger partial charge in [0.15, 0.2) is 5.82 Å². The zero-order chi connectivity index (χ0) is 21.7. The first-order valence-electron chi connectivity index (χ1n) is 10.4. The summed E-state index contributed by atoms with van der Waals surface area (Å²) in [6, 6.07) is 11.9. The van der Waals surface area contributed by atoms with E-state index in [1.807, 2.05) is 18.2 Å². The van der Waals surface area contributed by atoms with Crippen LogP contribution in [-0.4, -0.2) is 53.9 Å². The maximum absolute atomic E-state index is 13.2. The van der Waals surface area contributed by atoms with Crippen LogP contribution < -0.4 is 4.74 Å². The van der Waals surface area contributed by atoms with Crippen molar-refractivity contribution < 1.29 is 18.4 Å². The van der Waals surface area contributed by atoms with Crippen molar-refractivity contribution >= 4 is 0 Å². The Hall–Kier alpha value is -2.84. The van der Waals surface area contributed by atoms with E-state index < -0.39 is 0 Å². The van der Waals surface area contributed by atoms with Gasteiger partial charge in [-0.05, 0) is 62.7 Å². The van der Waals surface area contributed by atoms with Crippen LogP contribution in [0.2, 0.25) is 0 Å². The molecule has 0 atom stereocenters. The van der Waals surface area contributed by atoms with E-state index in [0.29, 0.717) is 29.8 Å². The highest BCUT2D eigenvalue weighted by Crippen LogP contribution is 2.38. The fourth-order valence-corrected chi connectivity index (χ4v) is 4.06. The van der Waals surface area contributed by atoms with Crippen molar-refractivity contribution in [3.05, 3.63) is 59.8 Å². The zero-order valence-electron chi connectivity index (χ0n) is 17.9. The molecular weight excluding hydrogens is 399 g/mol. The Morgan fingerprint density at radius 3 is 2.55 bits per heavy atom. The molecule has 0 saturated carbocycles. The lowest BCUT2D eigenvalue weighted by Gasteiger charge is -2.39. The SMILES string of the molecule is COCCC1(c2noc(-c3ccc(F)cc3)n2)CCN(Cc2cccc(OC)n2)CC1. The van der Waals surface area contributed by atoms with Gasteiger partial charge >= 0.3 is 0 Å². The zero-order valence-corrected chi connectivity index (χ0v) is 17.9. The molecule has 0 bridgehead atoms. The van der Waals surface area contributed by atoms with Gasteiger partial charge in [0.1, 0.15) is 5.82 Å². The van der Waals surface area contributed by atoms with Gasteiger partial charge in [-0.2, -0.15) is 4.98 Å². The van der Waals surface area contributed by atoms with Crippen LogP contribution in [0.25, 0.3) is 11.5 Å². The van der Waals surface area contributed by atoms with Gasteiger partial charge in [0, 0.05) is 37.3 Å². The fourth-order valence-electron chi connectivity index (χ4n) is 4.06. The second-order valence-corrected chi connectivity index (χ2v) is 7.90. The summed E-state index contributed by atoms with van der Waals surface area (Å²) in [5, 5.41) is 4.31. The molecule has 31 heavy (non-hydrogen) atoms. The first kappa shape index (κ1) is 21.4. The second kappa shape index (κ2) is 9.53. The normalized spacial score (nSPS) is 16.4. The molecule has 1 aliphatic heterocycles. The third kappa shape index (κ3) is 4.91. The predicted molar refractivity (Wildman–Crippen MR) is 113 cm³/mol. The van der Waals surface area contributed by atoms with Gasteiger partial charge in [0.25, 0.3) is 5.89 Å². The molecule has 1 saturated heterocycles. The van der Waals surface area contributed by atoms with Crippen molar-refractivity contribution in [3.8, 4) is 17.3 Å². The molecule has 3 aromatic rings. The molecule has 0 N–H and O–H groups in total. The van der Waals surface area contributed by atoms with Crippen molar-refractivity contribution in [3.63, 3.8) is 0 Å². The monoisotopic (exact) mass is 426 g/mol. The number of halogens is 1. The standard InChI is InChI=1S/C23H27FN4O3/c1-29-15-12-23(22-26-21(31-27-22)17-6-8-18(24)9-7-17)10-13-28(14-11-23)16-19-4-3-5-20(25-19)30-2/h3-9H,10-16H2,1-2H3. The Balaban J connectivity index is 1.48. The number of hydrogen-bond acceptors (Lipinski definition) is 7. The summed E-state index contributed by atoms with van der Waals surface area (Å²) in [5.41, 5.74) is 1.49. The smallest absolute Gasteiger partial charge is 0.257 e. The molecule has 4 rings (SSSR count). The minimum Gasteiger partial charge on any atom is -0.481 e. The average Bonchev–Trinajstić information content (AvgIpc) is 3.30. The van der Waals surface area contributed by atoms with Gasteiger partial charge in [-0.1, -0.05) is 11.2 Å². The van der Waals surface area contributed by atoms with Crippen molar-refractivity contribution in [2.24, 2.45) is 0 Å². The maximum atomic E-state index is 13.2. The van der Waals surface area contributed by atoms with Crippen molar-refractivity contribution in [2.75, 3.05) is 33.9 Å². The number of hydrogen-bond donors (Lipinski definition) is 0. The van der Waals surface area contributed by atoms with E-state index in [1.165, 1.54) is 12.1 Å². The van der Waals surface area contributed by atoms with Crippen molar-refractivity contribution in [1.29, 1.82) is 0 Å². The van der Waals surface area contributed by atoms with E-state index >= 15 is 0 Å². The Morgan fingerprint density at radius 2 is 1.84 bits per heavy atom. The minimum atomic E-state index is -0.294. The molecule has 0 unspecified atom stereocenters. The molecule has 8 heteroatoms. The number of benzene rings is 1. The van der Waals surface area contributed by atoms with E-state index in [1.54, 1.807) is 26.4 Å². The number of likely N-dealkylation sites (tertiary alicyclic amines) is 1. The highest BCUT2D eigenvalue weighted by Gasteiger charge is 2.40. The Bertz CT molecular complexity index is 984. The molecule has 1 aliphatic rings. The summed E-state index contributed by atoms with van der Waals surface area (Å²) < 4.78 is 29.4. The van der Waals surface area contributed by atoms with Crippen LogP contribution in [-0.2, 0) is 16.7 Å².